The quantitative estimate of drug-likeness (QED) is 0.845. The lowest BCUT2D eigenvalue weighted by atomic mass is 10.1. The number of nitrogens with two attached hydrogens (primary N) is 1. The third-order valence-corrected chi connectivity index (χ3v) is 3.16. The van der Waals surface area contributed by atoms with E-state index < -0.39 is 11.6 Å². The number of hydrogen-bond donors (Lipinski definition) is 1. The first kappa shape index (κ1) is 16.8. The van der Waals surface area contributed by atoms with Crippen LogP contribution in [0.4, 0.5) is 4.79 Å². The first-order chi connectivity index (χ1) is 9.24. The smallest absolute Gasteiger partial charge is 0.410 e. The number of ether oxygens (including phenoxy) is 1. The van der Waals surface area contributed by atoms with Gasteiger partial charge in [0.1, 0.15) is 5.60 Å². The van der Waals surface area contributed by atoms with Gasteiger partial charge in [0.15, 0.2) is 0 Å². The van der Waals surface area contributed by atoms with E-state index in [4.69, 9.17) is 10.5 Å². The highest BCUT2D eigenvalue weighted by molar-refractivity contribution is 5.82. The molecule has 6 heteroatoms. The van der Waals surface area contributed by atoms with Crippen molar-refractivity contribution in [1.82, 2.24) is 9.80 Å². The average molecular weight is 285 g/mol. The molecule has 6 nitrogen and oxygen atoms in total. The molecule has 2 N–H and O–H groups in total. The molecule has 1 heterocycles. The summed E-state index contributed by atoms with van der Waals surface area (Å²) >= 11 is 0. The molecule has 1 aliphatic heterocycles. The molecule has 1 atom stereocenters. The van der Waals surface area contributed by atoms with Gasteiger partial charge in [-0.2, -0.15) is 0 Å². The summed E-state index contributed by atoms with van der Waals surface area (Å²) in [5, 5.41) is 0. The van der Waals surface area contributed by atoms with Crippen molar-refractivity contribution in [3.8, 4) is 0 Å². The van der Waals surface area contributed by atoms with Gasteiger partial charge in [0.05, 0.1) is 6.04 Å². The van der Waals surface area contributed by atoms with E-state index in [0.717, 1.165) is 6.42 Å². The number of hydrogen-bond acceptors (Lipinski definition) is 4. The van der Waals surface area contributed by atoms with Crippen molar-refractivity contribution in [3.63, 3.8) is 0 Å². The summed E-state index contributed by atoms with van der Waals surface area (Å²) < 4.78 is 5.32. The zero-order valence-electron chi connectivity index (χ0n) is 13.0. The Morgan fingerprint density at radius 1 is 1.15 bits per heavy atom. The number of rotatable bonds is 3. The van der Waals surface area contributed by atoms with Gasteiger partial charge < -0.3 is 20.3 Å². The maximum atomic E-state index is 12.1. The average Bonchev–Trinajstić information content (AvgIpc) is 2.36. The van der Waals surface area contributed by atoms with Crippen LogP contribution in [0.2, 0.25) is 0 Å². The molecule has 1 rings (SSSR count). The van der Waals surface area contributed by atoms with E-state index in [0.29, 0.717) is 32.6 Å². The van der Waals surface area contributed by atoms with E-state index in [2.05, 4.69) is 0 Å². The Labute approximate surface area is 121 Å². The summed E-state index contributed by atoms with van der Waals surface area (Å²) in [4.78, 5) is 27.3. The Morgan fingerprint density at radius 2 is 1.65 bits per heavy atom. The summed E-state index contributed by atoms with van der Waals surface area (Å²) in [7, 11) is 0. The Kier molecular flexibility index (Phi) is 5.80. The second-order valence-corrected chi connectivity index (χ2v) is 6.19. The second-order valence-electron chi connectivity index (χ2n) is 6.19. The number of amides is 2. The fraction of sp³-hybridized carbons (Fsp3) is 0.857. The molecule has 0 saturated carbocycles. The molecule has 0 unspecified atom stereocenters. The van der Waals surface area contributed by atoms with Gasteiger partial charge in [-0.3, -0.25) is 4.79 Å². The number of piperazine rings is 1. The highest BCUT2D eigenvalue weighted by atomic mass is 16.6. The van der Waals surface area contributed by atoms with E-state index in [9.17, 15) is 9.59 Å². The molecule has 1 fully saturated rings. The van der Waals surface area contributed by atoms with Crippen LogP contribution in [-0.2, 0) is 9.53 Å². The van der Waals surface area contributed by atoms with Gasteiger partial charge in [-0.05, 0) is 27.2 Å². The van der Waals surface area contributed by atoms with E-state index in [-0.39, 0.29) is 12.0 Å². The van der Waals surface area contributed by atoms with Crippen molar-refractivity contribution in [2.45, 2.75) is 52.2 Å². The van der Waals surface area contributed by atoms with Gasteiger partial charge in [0.25, 0.3) is 0 Å². The Morgan fingerprint density at radius 3 is 2.10 bits per heavy atom. The first-order valence-electron chi connectivity index (χ1n) is 7.27. The molecule has 0 aliphatic carbocycles. The van der Waals surface area contributed by atoms with Crippen LogP contribution in [0.5, 0.6) is 0 Å². The molecule has 20 heavy (non-hydrogen) atoms. The van der Waals surface area contributed by atoms with Crippen molar-refractivity contribution in [2.24, 2.45) is 5.73 Å². The van der Waals surface area contributed by atoms with Crippen molar-refractivity contribution in [1.29, 1.82) is 0 Å². The zero-order valence-corrected chi connectivity index (χ0v) is 13.0. The van der Waals surface area contributed by atoms with Crippen LogP contribution in [0.3, 0.4) is 0 Å². The summed E-state index contributed by atoms with van der Waals surface area (Å²) in [6, 6.07) is -0.423. The van der Waals surface area contributed by atoms with Crippen LogP contribution in [-0.4, -0.2) is 59.6 Å². The predicted octanol–water partition coefficient (Wildman–Crippen LogP) is 1.19. The molecule has 1 saturated heterocycles. The van der Waals surface area contributed by atoms with Crippen LogP contribution in [0.25, 0.3) is 0 Å². The standard InChI is InChI=1S/C14H27N3O3/c1-5-6-11(15)12(18)16-7-9-17(10-8-16)13(19)20-14(2,3)4/h11H,5-10,15H2,1-4H3/t11-/m1/s1. The number of carbonyl (C=O) groups excluding carboxylic acids is 2. The highest BCUT2D eigenvalue weighted by Crippen LogP contribution is 2.12. The molecule has 0 bridgehead atoms. The first-order valence-corrected chi connectivity index (χ1v) is 7.27. The van der Waals surface area contributed by atoms with Crippen molar-refractivity contribution < 1.29 is 14.3 Å². The lowest BCUT2D eigenvalue weighted by molar-refractivity contribution is -0.134. The van der Waals surface area contributed by atoms with Crippen molar-refractivity contribution >= 4 is 12.0 Å². The zero-order chi connectivity index (χ0) is 15.3. The maximum Gasteiger partial charge on any atom is 0.410 e. The number of carbonyl (C=O) groups is 2. The molecule has 0 radical (unpaired) electrons. The minimum Gasteiger partial charge on any atom is -0.444 e. The topological polar surface area (TPSA) is 75.9 Å². The lowest BCUT2D eigenvalue weighted by Crippen LogP contribution is -2.54. The van der Waals surface area contributed by atoms with E-state index >= 15 is 0 Å². The molecule has 116 valence electrons. The van der Waals surface area contributed by atoms with Gasteiger partial charge in [0.2, 0.25) is 5.91 Å². The van der Waals surface area contributed by atoms with E-state index in [1.807, 2.05) is 27.7 Å². The Hall–Kier alpha value is -1.30. The Balaban J connectivity index is 2.43. The third kappa shape index (κ3) is 5.00. The maximum absolute atomic E-state index is 12.1. The second kappa shape index (κ2) is 6.92. The predicted molar refractivity (Wildman–Crippen MR) is 77.3 cm³/mol. The lowest BCUT2D eigenvalue weighted by Gasteiger charge is -2.36. The summed E-state index contributed by atoms with van der Waals surface area (Å²) in [5.74, 6) is -0.0179. The van der Waals surface area contributed by atoms with Gasteiger partial charge in [-0.1, -0.05) is 13.3 Å². The van der Waals surface area contributed by atoms with Crippen LogP contribution < -0.4 is 5.73 Å². The van der Waals surface area contributed by atoms with E-state index in [1.54, 1.807) is 9.80 Å². The number of nitrogens with zero attached hydrogens (tertiary/aromatic N) is 2. The van der Waals surface area contributed by atoms with Crippen LogP contribution in [0, 0.1) is 0 Å². The molecule has 0 aromatic rings. The molecule has 1 aliphatic rings. The van der Waals surface area contributed by atoms with Gasteiger partial charge in [0, 0.05) is 26.2 Å². The molecule has 2 amide bonds. The highest BCUT2D eigenvalue weighted by Gasteiger charge is 2.29. The van der Waals surface area contributed by atoms with E-state index in [1.165, 1.54) is 0 Å². The summed E-state index contributed by atoms with van der Waals surface area (Å²) in [6.45, 7) is 9.58. The Bertz CT molecular complexity index is 344. The summed E-state index contributed by atoms with van der Waals surface area (Å²) in [6.07, 6.45) is 1.28. The van der Waals surface area contributed by atoms with Crippen molar-refractivity contribution in [2.75, 3.05) is 26.2 Å². The minimum absolute atomic E-state index is 0.0179. The SMILES string of the molecule is CCC[C@@H](N)C(=O)N1CCN(C(=O)OC(C)(C)C)CC1. The normalized spacial score (nSPS) is 17.9. The van der Waals surface area contributed by atoms with Gasteiger partial charge in [-0.25, -0.2) is 4.79 Å². The largest absolute Gasteiger partial charge is 0.444 e. The van der Waals surface area contributed by atoms with Crippen molar-refractivity contribution in [3.05, 3.63) is 0 Å². The summed E-state index contributed by atoms with van der Waals surface area (Å²) in [5.41, 5.74) is 5.35. The van der Waals surface area contributed by atoms with Gasteiger partial charge in [-0.15, -0.1) is 0 Å². The fourth-order valence-electron chi connectivity index (χ4n) is 2.10. The molecule has 0 spiro atoms. The molecular formula is C14H27N3O3. The fourth-order valence-corrected chi connectivity index (χ4v) is 2.10. The third-order valence-electron chi connectivity index (χ3n) is 3.16. The van der Waals surface area contributed by atoms with Crippen LogP contribution in [0.15, 0.2) is 0 Å². The molecular weight excluding hydrogens is 258 g/mol. The van der Waals surface area contributed by atoms with Gasteiger partial charge >= 0.3 is 6.09 Å². The minimum atomic E-state index is -0.493. The van der Waals surface area contributed by atoms with Crippen LogP contribution >= 0.6 is 0 Å². The monoisotopic (exact) mass is 285 g/mol. The molecule has 0 aromatic heterocycles. The molecule has 0 aromatic carbocycles. The van der Waals surface area contributed by atoms with Crippen LogP contribution in [0.1, 0.15) is 40.5 Å².